The number of imidazole rings is 1. The van der Waals surface area contributed by atoms with Crippen molar-refractivity contribution >= 4 is 11.9 Å². The molecule has 7 heteroatoms. The van der Waals surface area contributed by atoms with Crippen LogP contribution in [0.15, 0.2) is 61.2 Å². The van der Waals surface area contributed by atoms with E-state index in [1.54, 1.807) is 53.4 Å². The normalized spacial score (nSPS) is 15.3. The van der Waals surface area contributed by atoms with E-state index in [9.17, 15) is 14.0 Å². The molecule has 0 spiro atoms. The fourth-order valence-electron chi connectivity index (χ4n) is 3.08. The maximum Gasteiger partial charge on any atom is 0.339 e. The Balaban J connectivity index is 1.38. The Labute approximate surface area is 154 Å². The Bertz CT molecular complexity index is 1000. The number of carbonyl (C=O) groups is 2. The number of esters is 1. The summed E-state index contributed by atoms with van der Waals surface area (Å²) < 4.78 is 21.1. The second-order valence-corrected chi connectivity index (χ2v) is 6.22. The van der Waals surface area contributed by atoms with E-state index < -0.39 is 17.9 Å². The molecule has 1 amide bonds. The van der Waals surface area contributed by atoms with Crippen molar-refractivity contribution in [1.29, 1.82) is 0 Å². The van der Waals surface area contributed by atoms with Gasteiger partial charge in [-0.05, 0) is 23.8 Å². The number of hydrogen-bond donors (Lipinski definition) is 1. The minimum absolute atomic E-state index is 0.0261. The van der Waals surface area contributed by atoms with Crippen LogP contribution in [0.5, 0.6) is 0 Å². The van der Waals surface area contributed by atoms with Crippen molar-refractivity contribution in [3.8, 4) is 5.69 Å². The zero-order chi connectivity index (χ0) is 18.8. The lowest BCUT2D eigenvalue weighted by molar-refractivity contribution is -0.123. The number of amides is 1. The Morgan fingerprint density at radius 1 is 1.26 bits per heavy atom. The van der Waals surface area contributed by atoms with Crippen LogP contribution < -0.4 is 5.32 Å². The Morgan fingerprint density at radius 3 is 2.89 bits per heavy atom. The summed E-state index contributed by atoms with van der Waals surface area (Å²) in [6.07, 6.45) is 4.18. The van der Waals surface area contributed by atoms with Gasteiger partial charge in [-0.2, -0.15) is 0 Å². The van der Waals surface area contributed by atoms with Gasteiger partial charge < -0.3 is 14.6 Å². The molecule has 0 saturated heterocycles. The molecule has 0 bridgehead atoms. The van der Waals surface area contributed by atoms with Gasteiger partial charge in [0.1, 0.15) is 11.9 Å². The number of cyclic esters (lactones) is 1. The molecule has 0 saturated carbocycles. The molecule has 1 aliphatic rings. The van der Waals surface area contributed by atoms with Crippen LogP contribution in [-0.2, 0) is 16.1 Å². The summed E-state index contributed by atoms with van der Waals surface area (Å²) in [6, 6.07) is 11.8. The molecule has 1 atom stereocenters. The van der Waals surface area contributed by atoms with Gasteiger partial charge in [0, 0.05) is 24.5 Å². The lowest BCUT2D eigenvalue weighted by Crippen LogP contribution is -2.24. The highest BCUT2D eigenvalue weighted by atomic mass is 19.1. The van der Waals surface area contributed by atoms with E-state index >= 15 is 0 Å². The van der Waals surface area contributed by atoms with E-state index in [-0.39, 0.29) is 18.9 Å². The third kappa shape index (κ3) is 3.44. The minimum Gasteiger partial charge on any atom is -0.453 e. The molecule has 27 heavy (non-hydrogen) atoms. The zero-order valence-electron chi connectivity index (χ0n) is 14.3. The van der Waals surface area contributed by atoms with Gasteiger partial charge in [0.05, 0.1) is 24.0 Å². The number of carbonyl (C=O) groups excluding carboxylic acids is 2. The molecular formula is C20H16FN3O3. The summed E-state index contributed by atoms with van der Waals surface area (Å²) >= 11 is 0. The largest absolute Gasteiger partial charge is 0.453 e. The van der Waals surface area contributed by atoms with Crippen molar-refractivity contribution in [3.05, 3.63) is 83.7 Å². The van der Waals surface area contributed by atoms with Crippen LogP contribution in [0, 0.1) is 5.82 Å². The first-order valence-corrected chi connectivity index (χ1v) is 8.45. The predicted octanol–water partition coefficient (Wildman–Crippen LogP) is 2.93. The van der Waals surface area contributed by atoms with Gasteiger partial charge in [-0.25, -0.2) is 14.2 Å². The van der Waals surface area contributed by atoms with Gasteiger partial charge in [0.25, 0.3) is 0 Å². The van der Waals surface area contributed by atoms with Crippen LogP contribution in [0.4, 0.5) is 4.39 Å². The van der Waals surface area contributed by atoms with Crippen LogP contribution in [0.1, 0.15) is 34.0 Å². The molecule has 1 aliphatic heterocycles. The standard InChI is InChI=1S/C20H16FN3O3/c21-16-9-13(5-6-17(16)24-8-7-22-12-24)11-23-19(25)10-18-14-3-1-2-4-15(14)20(26)27-18/h1-9,12,18H,10-11H2,(H,23,25)/t18-/m1/s1. The lowest BCUT2D eigenvalue weighted by atomic mass is 10.0. The van der Waals surface area contributed by atoms with Gasteiger partial charge >= 0.3 is 5.97 Å². The van der Waals surface area contributed by atoms with Gasteiger partial charge in [-0.1, -0.05) is 24.3 Å². The van der Waals surface area contributed by atoms with Crippen molar-refractivity contribution in [2.24, 2.45) is 0 Å². The predicted molar refractivity (Wildman–Crippen MR) is 94.6 cm³/mol. The van der Waals surface area contributed by atoms with Crippen LogP contribution >= 0.6 is 0 Å². The molecule has 6 nitrogen and oxygen atoms in total. The monoisotopic (exact) mass is 365 g/mol. The fourth-order valence-corrected chi connectivity index (χ4v) is 3.08. The zero-order valence-corrected chi connectivity index (χ0v) is 14.3. The SMILES string of the molecule is O=C(C[C@H]1OC(=O)c2ccccc21)NCc1ccc(-n2ccnc2)c(F)c1. The maximum atomic E-state index is 14.3. The number of ether oxygens (including phenoxy) is 1. The quantitative estimate of drug-likeness (QED) is 0.706. The van der Waals surface area contributed by atoms with Crippen molar-refractivity contribution in [2.45, 2.75) is 19.1 Å². The molecule has 0 fully saturated rings. The van der Waals surface area contributed by atoms with Crippen LogP contribution in [-0.4, -0.2) is 21.4 Å². The molecule has 0 unspecified atom stereocenters. The number of aromatic nitrogens is 2. The van der Waals surface area contributed by atoms with Gasteiger partial charge in [-0.15, -0.1) is 0 Å². The van der Waals surface area contributed by atoms with E-state index in [0.29, 0.717) is 22.4 Å². The first-order valence-electron chi connectivity index (χ1n) is 8.45. The Morgan fingerprint density at radius 2 is 2.11 bits per heavy atom. The number of nitrogens with zero attached hydrogens (tertiary/aromatic N) is 2. The number of nitrogens with one attached hydrogen (secondary N) is 1. The summed E-state index contributed by atoms with van der Waals surface area (Å²) in [4.78, 5) is 27.9. The molecule has 4 rings (SSSR count). The van der Waals surface area contributed by atoms with E-state index in [1.807, 2.05) is 0 Å². The average Bonchev–Trinajstić information content (AvgIpc) is 3.30. The second-order valence-electron chi connectivity index (χ2n) is 6.22. The number of fused-ring (bicyclic) bond motifs is 1. The number of hydrogen-bond acceptors (Lipinski definition) is 4. The Kier molecular flexibility index (Phi) is 4.42. The molecule has 2 heterocycles. The number of halogens is 1. The first kappa shape index (κ1) is 17.0. The van der Waals surface area contributed by atoms with Crippen molar-refractivity contribution in [2.75, 3.05) is 0 Å². The second kappa shape index (κ2) is 7.03. The summed E-state index contributed by atoms with van der Waals surface area (Å²) in [5.41, 5.74) is 2.23. The number of rotatable bonds is 5. The molecule has 0 aliphatic carbocycles. The maximum absolute atomic E-state index is 14.3. The van der Waals surface area contributed by atoms with Crippen LogP contribution in [0.2, 0.25) is 0 Å². The van der Waals surface area contributed by atoms with Gasteiger partial charge in [0.2, 0.25) is 5.91 Å². The molecular weight excluding hydrogens is 349 g/mol. The Hall–Kier alpha value is -3.48. The van der Waals surface area contributed by atoms with Gasteiger partial charge in [-0.3, -0.25) is 4.79 Å². The molecule has 2 aromatic carbocycles. The minimum atomic E-state index is -0.589. The molecule has 1 N–H and O–H groups in total. The van der Waals surface area contributed by atoms with Crippen molar-refractivity contribution < 1.29 is 18.7 Å². The summed E-state index contributed by atoms with van der Waals surface area (Å²) in [5, 5.41) is 2.74. The molecule has 3 aromatic rings. The summed E-state index contributed by atoms with van der Waals surface area (Å²) in [5.74, 6) is -1.09. The van der Waals surface area contributed by atoms with E-state index in [1.165, 1.54) is 12.4 Å². The van der Waals surface area contributed by atoms with Crippen molar-refractivity contribution in [1.82, 2.24) is 14.9 Å². The lowest BCUT2D eigenvalue weighted by Gasteiger charge is -2.12. The van der Waals surface area contributed by atoms with Gasteiger partial charge in [0.15, 0.2) is 0 Å². The summed E-state index contributed by atoms with van der Waals surface area (Å²) in [6.45, 7) is 0.183. The molecule has 136 valence electrons. The smallest absolute Gasteiger partial charge is 0.339 e. The fraction of sp³-hybridized carbons (Fsp3) is 0.150. The van der Waals surface area contributed by atoms with Crippen molar-refractivity contribution in [3.63, 3.8) is 0 Å². The van der Waals surface area contributed by atoms with Crippen LogP contribution in [0.3, 0.4) is 0 Å². The molecule has 1 aromatic heterocycles. The highest BCUT2D eigenvalue weighted by Crippen LogP contribution is 2.32. The highest BCUT2D eigenvalue weighted by molar-refractivity contribution is 5.94. The third-order valence-corrected chi connectivity index (χ3v) is 4.43. The van der Waals surface area contributed by atoms with E-state index in [4.69, 9.17) is 4.74 Å². The van der Waals surface area contributed by atoms with Crippen LogP contribution in [0.25, 0.3) is 5.69 Å². The third-order valence-electron chi connectivity index (χ3n) is 4.43. The molecule has 0 radical (unpaired) electrons. The van der Waals surface area contributed by atoms with E-state index in [0.717, 1.165) is 0 Å². The van der Waals surface area contributed by atoms with E-state index in [2.05, 4.69) is 10.3 Å². The average molecular weight is 365 g/mol. The first-order chi connectivity index (χ1) is 13.1. The number of benzene rings is 2. The topological polar surface area (TPSA) is 73.2 Å². The summed E-state index contributed by atoms with van der Waals surface area (Å²) in [7, 11) is 0. The highest BCUT2D eigenvalue weighted by Gasteiger charge is 2.31.